The quantitative estimate of drug-likeness (QED) is 0.865. The Labute approximate surface area is 164 Å². The Balaban J connectivity index is 1.33. The fourth-order valence-electron chi connectivity index (χ4n) is 3.38. The Hall–Kier alpha value is -3.02. The van der Waals surface area contributed by atoms with Crippen molar-refractivity contribution in [3.63, 3.8) is 0 Å². The summed E-state index contributed by atoms with van der Waals surface area (Å²) in [5.41, 5.74) is 1.28. The van der Waals surface area contributed by atoms with E-state index in [-0.39, 0.29) is 23.8 Å². The molecule has 2 aliphatic rings. The highest BCUT2D eigenvalue weighted by Gasteiger charge is 2.39. The molecule has 0 spiro atoms. The van der Waals surface area contributed by atoms with E-state index in [1.165, 1.54) is 0 Å². The molecule has 4 rings (SSSR count). The molecule has 2 aromatic carbocycles. The highest BCUT2D eigenvalue weighted by atomic mass is 16.6. The van der Waals surface area contributed by atoms with Gasteiger partial charge in [0.15, 0.2) is 17.6 Å². The van der Waals surface area contributed by atoms with Crippen LogP contribution in [0.3, 0.4) is 0 Å². The second kappa shape index (κ2) is 7.54. The van der Waals surface area contributed by atoms with E-state index >= 15 is 0 Å². The topological polar surface area (TPSA) is 67.9 Å². The fraction of sp³-hybridized carbons (Fsp3) is 0.364. The minimum Gasteiger partial charge on any atom is -0.486 e. The van der Waals surface area contributed by atoms with Crippen LogP contribution in [-0.4, -0.2) is 43.0 Å². The third-order valence-corrected chi connectivity index (χ3v) is 5.24. The van der Waals surface area contributed by atoms with Gasteiger partial charge in [-0.2, -0.15) is 0 Å². The van der Waals surface area contributed by atoms with Crippen molar-refractivity contribution >= 4 is 17.5 Å². The summed E-state index contributed by atoms with van der Waals surface area (Å²) in [6, 6.07) is 14.5. The van der Waals surface area contributed by atoms with E-state index in [4.69, 9.17) is 9.47 Å². The number of fused-ring (bicyclic) bond motifs is 1. The van der Waals surface area contributed by atoms with Crippen molar-refractivity contribution in [1.82, 2.24) is 4.90 Å². The van der Waals surface area contributed by atoms with E-state index in [1.54, 1.807) is 36.2 Å². The van der Waals surface area contributed by atoms with Gasteiger partial charge >= 0.3 is 0 Å². The van der Waals surface area contributed by atoms with Crippen LogP contribution in [0.25, 0.3) is 0 Å². The number of hydrogen-bond acceptors (Lipinski definition) is 4. The van der Waals surface area contributed by atoms with Gasteiger partial charge in [-0.1, -0.05) is 19.1 Å². The van der Waals surface area contributed by atoms with Crippen LogP contribution in [0, 0.1) is 11.8 Å². The Bertz CT molecular complexity index is 880. The van der Waals surface area contributed by atoms with Crippen molar-refractivity contribution in [1.29, 1.82) is 0 Å². The molecule has 2 amide bonds. The van der Waals surface area contributed by atoms with Crippen LogP contribution < -0.4 is 14.8 Å². The fourth-order valence-corrected chi connectivity index (χ4v) is 3.38. The first-order chi connectivity index (χ1) is 13.5. The summed E-state index contributed by atoms with van der Waals surface area (Å²) in [4.78, 5) is 26.3. The molecular weight excluding hydrogens is 356 g/mol. The summed E-state index contributed by atoms with van der Waals surface area (Å²) < 4.78 is 11.6. The van der Waals surface area contributed by atoms with Gasteiger partial charge in [0.2, 0.25) is 5.91 Å². The molecule has 1 N–H and O–H groups in total. The molecule has 3 unspecified atom stereocenters. The lowest BCUT2D eigenvalue weighted by atomic mass is 10.1. The van der Waals surface area contributed by atoms with E-state index in [9.17, 15) is 9.59 Å². The lowest BCUT2D eigenvalue weighted by Crippen LogP contribution is -2.41. The van der Waals surface area contributed by atoms with E-state index in [0.29, 0.717) is 36.1 Å². The van der Waals surface area contributed by atoms with Crippen molar-refractivity contribution in [3.05, 3.63) is 54.1 Å². The summed E-state index contributed by atoms with van der Waals surface area (Å²) in [6.45, 7) is 2.89. The highest BCUT2D eigenvalue weighted by molar-refractivity contribution is 5.96. The molecule has 0 radical (unpaired) electrons. The minimum atomic E-state index is -0.219. The van der Waals surface area contributed by atoms with Crippen LogP contribution in [0.15, 0.2) is 48.5 Å². The van der Waals surface area contributed by atoms with Gasteiger partial charge in [-0.3, -0.25) is 9.59 Å². The average Bonchev–Trinajstić information content (AvgIpc) is 3.45. The first kappa shape index (κ1) is 18.3. The molecular formula is C22H24N2O4. The van der Waals surface area contributed by atoms with Gasteiger partial charge in [-0.15, -0.1) is 0 Å². The summed E-state index contributed by atoms with van der Waals surface area (Å²) in [6.07, 6.45) is 0.730. The van der Waals surface area contributed by atoms with E-state index in [2.05, 4.69) is 12.2 Å². The number of rotatable bonds is 5. The predicted octanol–water partition coefficient (Wildman–Crippen LogP) is 3.19. The van der Waals surface area contributed by atoms with Gasteiger partial charge in [0, 0.05) is 24.2 Å². The molecule has 6 nitrogen and oxygen atoms in total. The molecule has 0 bridgehead atoms. The number of nitrogens with one attached hydrogen (secondary N) is 1. The second-order valence-electron chi connectivity index (χ2n) is 7.57. The van der Waals surface area contributed by atoms with Gasteiger partial charge in [0.25, 0.3) is 5.91 Å². The van der Waals surface area contributed by atoms with E-state index < -0.39 is 0 Å². The van der Waals surface area contributed by atoms with Gasteiger partial charge < -0.3 is 19.7 Å². The number of ether oxygens (including phenoxy) is 2. The standard InChI is InChI=1S/C22H24N2O4/c1-14-11-18(14)21(25)23-16-9-7-15(8-10-16)22(26)24(2)12-17-13-27-19-5-3-4-6-20(19)28-17/h3-10,14,17-18H,11-13H2,1-2H3,(H,23,25). The maximum atomic E-state index is 12.7. The molecule has 6 heteroatoms. The van der Waals surface area contributed by atoms with Gasteiger partial charge in [0.05, 0.1) is 6.54 Å². The molecule has 2 aromatic rings. The third kappa shape index (κ3) is 3.96. The molecule has 1 fully saturated rings. The summed E-state index contributed by atoms with van der Waals surface area (Å²) in [5.74, 6) is 1.97. The molecule has 1 saturated carbocycles. The number of amides is 2. The molecule has 1 aliphatic heterocycles. The number of benzene rings is 2. The van der Waals surface area contributed by atoms with Crippen molar-refractivity contribution < 1.29 is 19.1 Å². The van der Waals surface area contributed by atoms with Gasteiger partial charge in [-0.05, 0) is 48.7 Å². The monoisotopic (exact) mass is 380 g/mol. The summed E-state index contributed by atoms with van der Waals surface area (Å²) in [7, 11) is 1.75. The van der Waals surface area contributed by atoms with Crippen molar-refractivity contribution in [2.75, 3.05) is 25.5 Å². The highest BCUT2D eigenvalue weighted by Crippen LogP contribution is 2.38. The number of hydrogen-bond donors (Lipinski definition) is 1. The Kier molecular flexibility index (Phi) is 4.94. The van der Waals surface area contributed by atoms with Crippen LogP contribution in [0.4, 0.5) is 5.69 Å². The third-order valence-electron chi connectivity index (χ3n) is 5.24. The molecule has 1 aliphatic carbocycles. The van der Waals surface area contributed by atoms with Crippen molar-refractivity contribution in [2.24, 2.45) is 11.8 Å². The maximum absolute atomic E-state index is 12.7. The van der Waals surface area contributed by atoms with Crippen LogP contribution in [0.1, 0.15) is 23.7 Å². The molecule has 146 valence electrons. The summed E-state index contributed by atoms with van der Waals surface area (Å²) >= 11 is 0. The number of nitrogens with zero attached hydrogens (tertiary/aromatic N) is 1. The smallest absolute Gasteiger partial charge is 0.253 e. The molecule has 1 heterocycles. The van der Waals surface area contributed by atoms with Crippen LogP contribution in [0.5, 0.6) is 11.5 Å². The first-order valence-corrected chi connectivity index (χ1v) is 9.56. The van der Waals surface area contributed by atoms with Crippen molar-refractivity contribution in [2.45, 2.75) is 19.4 Å². The largest absolute Gasteiger partial charge is 0.486 e. The van der Waals surface area contributed by atoms with Crippen LogP contribution >= 0.6 is 0 Å². The normalized spacial score (nSPS) is 22.3. The average molecular weight is 380 g/mol. The Morgan fingerprint density at radius 3 is 2.46 bits per heavy atom. The molecule has 0 saturated heterocycles. The minimum absolute atomic E-state index is 0.0541. The lowest BCUT2D eigenvalue weighted by Gasteiger charge is -2.29. The molecule has 28 heavy (non-hydrogen) atoms. The number of likely N-dealkylation sites (N-methyl/N-ethyl adjacent to an activating group) is 1. The Morgan fingerprint density at radius 1 is 1.11 bits per heavy atom. The zero-order chi connectivity index (χ0) is 19.7. The summed E-state index contributed by atoms with van der Waals surface area (Å²) in [5, 5.41) is 2.90. The lowest BCUT2D eigenvalue weighted by molar-refractivity contribution is -0.117. The van der Waals surface area contributed by atoms with Crippen molar-refractivity contribution in [3.8, 4) is 11.5 Å². The van der Waals surface area contributed by atoms with E-state index in [1.807, 2.05) is 24.3 Å². The first-order valence-electron chi connectivity index (χ1n) is 9.56. The molecule has 0 aromatic heterocycles. The van der Waals surface area contributed by atoms with Crippen LogP contribution in [0.2, 0.25) is 0 Å². The number of para-hydroxylation sites is 2. The zero-order valence-electron chi connectivity index (χ0n) is 16.1. The number of anilines is 1. The van der Waals surface area contributed by atoms with Gasteiger partial charge in [-0.25, -0.2) is 0 Å². The SMILES string of the molecule is CC1CC1C(=O)Nc1ccc(C(=O)N(C)CC2COc3ccccc3O2)cc1. The maximum Gasteiger partial charge on any atom is 0.253 e. The van der Waals surface area contributed by atoms with Gasteiger partial charge in [0.1, 0.15) is 6.61 Å². The molecule has 3 atom stereocenters. The number of carbonyl (C=O) groups excluding carboxylic acids is 2. The van der Waals surface area contributed by atoms with E-state index in [0.717, 1.165) is 12.2 Å². The van der Waals surface area contributed by atoms with Crippen LogP contribution in [-0.2, 0) is 4.79 Å². The zero-order valence-corrected chi connectivity index (χ0v) is 16.1. The Morgan fingerprint density at radius 2 is 1.79 bits per heavy atom. The second-order valence-corrected chi connectivity index (χ2v) is 7.57. The number of carbonyl (C=O) groups is 2. The predicted molar refractivity (Wildman–Crippen MR) is 106 cm³/mol.